The van der Waals surface area contributed by atoms with E-state index in [9.17, 15) is 9.59 Å². The minimum atomic E-state index is -0.470. The topological polar surface area (TPSA) is 94.5 Å². The number of carbonyl (C=O) groups is 2. The Morgan fingerprint density at radius 1 is 1.36 bits per heavy atom. The second-order valence-electron chi connectivity index (χ2n) is 6.10. The number of aromatic nitrogens is 2. The molecule has 1 aromatic heterocycles. The van der Waals surface area contributed by atoms with Gasteiger partial charge in [0.2, 0.25) is 11.8 Å². The van der Waals surface area contributed by atoms with Crippen LogP contribution in [-0.4, -0.2) is 40.3 Å². The minimum Gasteiger partial charge on any atom is -0.486 e. The molecule has 2 aliphatic heterocycles. The number of carbonyl (C=O) groups excluding carboxylic acids is 2. The molecular weight excluding hydrogens is 324 g/mol. The summed E-state index contributed by atoms with van der Waals surface area (Å²) in [6.45, 7) is 0.942. The predicted octanol–water partition coefficient (Wildman–Crippen LogP) is 0.940. The van der Waals surface area contributed by atoms with E-state index in [0.717, 1.165) is 11.5 Å². The molecule has 8 nitrogen and oxygen atoms in total. The van der Waals surface area contributed by atoms with Gasteiger partial charge in [0.1, 0.15) is 12.6 Å². The van der Waals surface area contributed by atoms with Gasteiger partial charge >= 0.3 is 0 Å². The third-order valence-electron chi connectivity index (χ3n) is 4.17. The highest BCUT2D eigenvalue weighted by molar-refractivity contribution is 5.98. The molecule has 1 aromatic carbocycles. The number of fused-ring (bicyclic) bond motifs is 1. The van der Waals surface area contributed by atoms with Crippen LogP contribution in [0.4, 0.5) is 5.69 Å². The maximum absolute atomic E-state index is 12.1. The van der Waals surface area contributed by atoms with Gasteiger partial charge in [0.25, 0.3) is 0 Å². The average Bonchev–Trinajstić information content (AvgIpc) is 3.24. The predicted molar refractivity (Wildman–Crippen MR) is 88.4 cm³/mol. The van der Waals surface area contributed by atoms with Crippen molar-refractivity contribution in [2.24, 2.45) is 0 Å². The van der Waals surface area contributed by atoms with Crippen molar-refractivity contribution in [1.82, 2.24) is 15.1 Å². The van der Waals surface area contributed by atoms with Gasteiger partial charge in [-0.05, 0) is 18.6 Å². The number of rotatable bonds is 4. The number of benzene rings is 1. The van der Waals surface area contributed by atoms with Crippen LogP contribution in [0.1, 0.15) is 12.8 Å². The van der Waals surface area contributed by atoms with Gasteiger partial charge in [-0.2, -0.15) is 5.10 Å². The first-order valence-corrected chi connectivity index (χ1v) is 8.18. The number of anilines is 1. The van der Waals surface area contributed by atoms with Gasteiger partial charge in [-0.1, -0.05) is 12.1 Å². The first kappa shape index (κ1) is 15.5. The molecule has 2 aromatic rings. The highest BCUT2D eigenvalue weighted by Gasteiger charge is 2.27. The van der Waals surface area contributed by atoms with Gasteiger partial charge in [-0.3, -0.25) is 14.3 Å². The van der Waals surface area contributed by atoms with E-state index in [1.807, 2.05) is 24.3 Å². The Hall–Kier alpha value is -3.03. The number of hydrogen-bond donors (Lipinski definition) is 2. The lowest BCUT2D eigenvalue weighted by Crippen LogP contribution is -2.37. The Morgan fingerprint density at radius 2 is 2.20 bits per heavy atom. The van der Waals surface area contributed by atoms with Crippen molar-refractivity contribution in [1.29, 1.82) is 0 Å². The first-order valence-electron chi connectivity index (χ1n) is 8.18. The summed E-state index contributed by atoms with van der Waals surface area (Å²) in [7, 11) is 0. The van der Waals surface area contributed by atoms with Gasteiger partial charge in [-0.15, -0.1) is 0 Å². The molecule has 0 bridgehead atoms. The maximum Gasteiger partial charge on any atom is 0.247 e. The van der Waals surface area contributed by atoms with Gasteiger partial charge in [0.15, 0.2) is 17.6 Å². The summed E-state index contributed by atoms with van der Waals surface area (Å²) >= 11 is 0. The third kappa shape index (κ3) is 3.42. The Kier molecular flexibility index (Phi) is 4.01. The van der Waals surface area contributed by atoms with E-state index in [2.05, 4.69) is 15.7 Å². The van der Waals surface area contributed by atoms with E-state index in [1.54, 1.807) is 17.1 Å². The number of para-hydroxylation sites is 2. The van der Waals surface area contributed by atoms with Crippen LogP contribution in [0.15, 0.2) is 36.7 Å². The summed E-state index contributed by atoms with van der Waals surface area (Å²) in [6.07, 6.45) is 4.06. The Labute approximate surface area is 144 Å². The zero-order chi connectivity index (χ0) is 17.2. The van der Waals surface area contributed by atoms with Crippen molar-refractivity contribution in [3.05, 3.63) is 36.7 Å². The maximum atomic E-state index is 12.1. The molecule has 130 valence electrons. The molecule has 0 aliphatic carbocycles. The van der Waals surface area contributed by atoms with Crippen LogP contribution in [0.3, 0.4) is 0 Å². The van der Waals surface area contributed by atoms with E-state index in [-0.39, 0.29) is 17.9 Å². The van der Waals surface area contributed by atoms with Crippen molar-refractivity contribution in [2.45, 2.75) is 31.5 Å². The van der Waals surface area contributed by atoms with Crippen LogP contribution < -0.4 is 20.1 Å². The molecule has 2 aliphatic rings. The fourth-order valence-electron chi connectivity index (χ4n) is 2.93. The Morgan fingerprint density at radius 3 is 3.00 bits per heavy atom. The fourth-order valence-corrected chi connectivity index (χ4v) is 2.93. The standard InChI is InChI=1S/C17H18N4O4/c22-16-6-5-13(20-16)17(23)19-11-7-18-21(8-11)9-12-10-24-14-3-1-2-4-15(14)25-12/h1-4,7-8,12-13H,5-6,9-10H2,(H,19,23)(H,20,22)/t12-,13+/m0/s1. The van der Waals surface area contributed by atoms with E-state index in [4.69, 9.17) is 9.47 Å². The monoisotopic (exact) mass is 342 g/mol. The van der Waals surface area contributed by atoms with Gasteiger partial charge in [-0.25, -0.2) is 0 Å². The number of ether oxygens (including phenoxy) is 2. The summed E-state index contributed by atoms with van der Waals surface area (Å²) in [5.74, 6) is 1.14. The minimum absolute atomic E-state index is 0.0921. The number of amides is 2. The van der Waals surface area contributed by atoms with Crippen LogP contribution in [0.2, 0.25) is 0 Å². The van der Waals surface area contributed by atoms with E-state index < -0.39 is 6.04 Å². The van der Waals surface area contributed by atoms with Gasteiger partial charge in [0, 0.05) is 12.6 Å². The lowest BCUT2D eigenvalue weighted by atomic mass is 10.2. The lowest BCUT2D eigenvalue weighted by Gasteiger charge is -2.26. The van der Waals surface area contributed by atoms with Crippen LogP contribution >= 0.6 is 0 Å². The van der Waals surface area contributed by atoms with Crippen molar-refractivity contribution in [3.8, 4) is 11.5 Å². The van der Waals surface area contributed by atoms with Crippen molar-refractivity contribution in [2.75, 3.05) is 11.9 Å². The number of hydrogen-bond acceptors (Lipinski definition) is 5. The van der Waals surface area contributed by atoms with Crippen LogP contribution in [-0.2, 0) is 16.1 Å². The molecule has 3 heterocycles. The zero-order valence-electron chi connectivity index (χ0n) is 13.5. The number of nitrogens with one attached hydrogen (secondary N) is 2. The summed E-state index contributed by atoms with van der Waals surface area (Å²) in [6, 6.07) is 7.06. The molecule has 0 unspecified atom stereocenters. The second-order valence-corrected chi connectivity index (χ2v) is 6.10. The van der Waals surface area contributed by atoms with E-state index >= 15 is 0 Å². The Bertz CT molecular complexity index is 803. The first-order chi connectivity index (χ1) is 12.2. The van der Waals surface area contributed by atoms with Crippen LogP contribution in [0.25, 0.3) is 0 Å². The lowest BCUT2D eigenvalue weighted by molar-refractivity contribution is -0.122. The molecule has 4 rings (SSSR count). The molecule has 1 fully saturated rings. The summed E-state index contributed by atoms with van der Waals surface area (Å²) < 4.78 is 13.3. The molecule has 0 spiro atoms. The normalized spacial score (nSPS) is 21.7. The summed E-state index contributed by atoms with van der Waals surface area (Å²) in [5.41, 5.74) is 0.586. The molecule has 0 radical (unpaired) electrons. The van der Waals surface area contributed by atoms with Crippen LogP contribution in [0, 0.1) is 0 Å². The second kappa shape index (κ2) is 6.46. The van der Waals surface area contributed by atoms with Crippen LogP contribution in [0.5, 0.6) is 11.5 Å². The average molecular weight is 342 g/mol. The molecule has 2 amide bonds. The smallest absolute Gasteiger partial charge is 0.247 e. The third-order valence-corrected chi connectivity index (χ3v) is 4.17. The molecule has 25 heavy (non-hydrogen) atoms. The molecular formula is C17H18N4O4. The Balaban J connectivity index is 1.34. The fraction of sp³-hybridized carbons (Fsp3) is 0.353. The summed E-state index contributed by atoms with van der Waals surface area (Å²) in [4.78, 5) is 23.3. The molecule has 2 N–H and O–H groups in total. The molecule has 2 atom stereocenters. The van der Waals surface area contributed by atoms with Gasteiger partial charge in [0.05, 0.1) is 18.4 Å². The zero-order valence-corrected chi connectivity index (χ0v) is 13.5. The van der Waals surface area contributed by atoms with Gasteiger partial charge < -0.3 is 20.1 Å². The van der Waals surface area contributed by atoms with Crippen molar-refractivity contribution < 1.29 is 19.1 Å². The molecule has 8 heteroatoms. The van der Waals surface area contributed by atoms with Crippen molar-refractivity contribution in [3.63, 3.8) is 0 Å². The SMILES string of the molecule is O=C1CC[C@H](C(=O)Nc2cnn(C[C@H]3COc4ccccc4O3)c2)N1. The highest BCUT2D eigenvalue weighted by atomic mass is 16.6. The molecule has 0 saturated carbocycles. The quantitative estimate of drug-likeness (QED) is 0.862. The highest BCUT2D eigenvalue weighted by Crippen LogP contribution is 2.31. The number of nitrogens with zero attached hydrogens (tertiary/aromatic N) is 2. The largest absolute Gasteiger partial charge is 0.486 e. The van der Waals surface area contributed by atoms with Crippen molar-refractivity contribution >= 4 is 17.5 Å². The van der Waals surface area contributed by atoms with E-state index in [0.29, 0.717) is 31.7 Å². The van der Waals surface area contributed by atoms with E-state index in [1.165, 1.54) is 0 Å². The molecule has 1 saturated heterocycles. The summed E-state index contributed by atoms with van der Waals surface area (Å²) in [5, 5.41) is 9.65.